The fraction of sp³-hybridized carbons (Fsp3) is 0.538. The highest BCUT2D eigenvalue weighted by molar-refractivity contribution is 9.10. The number of hydrogen-bond acceptors (Lipinski definition) is 3. The van der Waals surface area contributed by atoms with Crippen molar-refractivity contribution in [2.24, 2.45) is 17.6 Å². The molecule has 0 radical (unpaired) electrons. The van der Waals surface area contributed by atoms with Crippen LogP contribution < -0.4 is 11.1 Å². The normalized spacial score (nSPS) is 23.7. The van der Waals surface area contributed by atoms with E-state index in [1.165, 1.54) is 6.42 Å². The fourth-order valence-electron chi connectivity index (χ4n) is 2.50. The van der Waals surface area contributed by atoms with Gasteiger partial charge in [-0.3, -0.25) is 4.79 Å². The summed E-state index contributed by atoms with van der Waals surface area (Å²) in [5.41, 5.74) is 5.74. The van der Waals surface area contributed by atoms with E-state index >= 15 is 0 Å². The largest absolute Gasteiger partial charge is 0.330 e. The standard InChI is InChI=1S/C13H18BrN3O/c14-10-5-6-12(16-8-10)17-13(18)11-4-2-1-3-9(11)7-15/h5-6,8-9,11H,1-4,7,15H2,(H,16,17,18). The molecule has 1 saturated carbocycles. The van der Waals surface area contributed by atoms with Crippen LogP contribution in [0.25, 0.3) is 0 Å². The molecule has 1 aromatic rings. The highest BCUT2D eigenvalue weighted by Gasteiger charge is 2.29. The van der Waals surface area contributed by atoms with Crippen molar-refractivity contribution in [1.29, 1.82) is 0 Å². The number of halogens is 1. The quantitative estimate of drug-likeness (QED) is 0.901. The zero-order valence-electron chi connectivity index (χ0n) is 10.2. The number of nitrogens with two attached hydrogens (primary N) is 1. The first-order valence-corrected chi connectivity index (χ1v) is 7.12. The van der Waals surface area contributed by atoms with E-state index in [4.69, 9.17) is 5.73 Å². The molecule has 98 valence electrons. The number of amides is 1. The van der Waals surface area contributed by atoms with Gasteiger partial charge in [-0.15, -0.1) is 0 Å². The predicted octanol–water partition coefficient (Wildman–Crippen LogP) is 2.55. The molecule has 3 N–H and O–H groups in total. The minimum atomic E-state index is 0.0363. The Hall–Kier alpha value is -0.940. The molecule has 2 atom stereocenters. The molecule has 0 saturated heterocycles. The van der Waals surface area contributed by atoms with Crippen molar-refractivity contribution in [3.8, 4) is 0 Å². The van der Waals surface area contributed by atoms with Crippen molar-refractivity contribution in [2.45, 2.75) is 25.7 Å². The average Bonchev–Trinajstić information content (AvgIpc) is 2.41. The maximum absolute atomic E-state index is 12.2. The SMILES string of the molecule is NCC1CCCCC1C(=O)Nc1ccc(Br)cn1. The smallest absolute Gasteiger partial charge is 0.228 e. The van der Waals surface area contributed by atoms with Gasteiger partial charge in [-0.2, -0.15) is 0 Å². The average molecular weight is 312 g/mol. The number of nitrogens with zero attached hydrogens (tertiary/aromatic N) is 1. The van der Waals surface area contributed by atoms with E-state index < -0.39 is 0 Å². The summed E-state index contributed by atoms with van der Waals surface area (Å²) < 4.78 is 0.901. The third-order valence-corrected chi connectivity index (χ3v) is 4.00. The lowest BCUT2D eigenvalue weighted by Crippen LogP contribution is -2.35. The van der Waals surface area contributed by atoms with Crippen LogP contribution >= 0.6 is 15.9 Å². The Bertz CT molecular complexity index is 407. The van der Waals surface area contributed by atoms with Crippen LogP contribution in [0.2, 0.25) is 0 Å². The molecule has 5 heteroatoms. The first kappa shape index (κ1) is 13.5. The van der Waals surface area contributed by atoms with Gasteiger partial charge in [-0.05, 0) is 53.4 Å². The van der Waals surface area contributed by atoms with Crippen LogP contribution in [0.1, 0.15) is 25.7 Å². The molecule has 2 rings (SSSR count). The molecule has 2 unspecified atom stereocenters. The monoisotopic (exact) mass is 311 g/mol. The van der Waals surface area contributed by atoms with Gasteiger partial charge in [0.15, 0.2) is 0 Å². The minimum Gasteiger partial charge on any atom is -0.330 e. The fourth-order valence-corrected chi connectivity index (χ4v) is 2.74. The summed E-state index contributed by atoms with van der Waals surface area (Å²) in [5.74, 6) is 1.01. The molecule has 0 aliphatic heterocycles. The van der Waals surface area contributed by atoms with Crippen LogP contribution in [-0.4, -0.2) is 17.4 Å². The molecule has 4 nitrogen and oxygen atoms in total. The van der Waals surface area contributed by atoms with Gasteiger partial charge >= 0.3 is 0 Å². The molecule has 0 bridgehead atoms. The molecule has 18 heavy (non-hydrogen) atoms. The third kappa shape index (κ3) is 3.29. The predicted molar refractivity (Wildman–Crippen MR) is 75.1 cm³/mol. The van der Waals surface area contributed by atoms with Crippen molar-refractivity contribution in [2.75, 3.05) is 11.9 Å². The van der Waals surface area contributed by atoms with Gasteiger partial charge in [0.05, 0.1) is 0 Å². The lowest BCUT2D eigenvalue weighted by molar-refractivity contribution is -0.122. The lowest BCUT2D eigenvalue weighted by Gasteiger charge is -2.29. The van der Waals surface area contributed by atoms with Crippen LogP contribution in [-0.2, 0) is 4.79 Å². The Kier molecular flexibility index (Phi) is 4.72. The highest BCUT2D eigenvalue weighted by Crippen LogP contribution is 2.30. The van der Waals surface area contributed by atoms with Crippen molar-refractivity contribution in [3.05, 3.63) is 22.8 Å². The minimum absolute atomic E-state index is 0.0363. The van der Waals surface area contributed by atoms with Gasteiger partial charge in [0.1, 0.15) is 5.82 Å². The topological polar surface area (TPSA) is 68.0 Å². The molecule has 1 heterocycles. The van der Waals surface area contributed by atoms with Crippen molar-refractivity contribution in [3.63, 3.8) is 0 Å². The van der Waals surface area contributed by atoms with Crippen molar-refractivity contribution in [1.82, 2.24) is 4.98 Å². The molecule has 1 aliphatic carbocycles. The second kappa shape index (κ2) is 6.29. The molecule has 1 amide bonds. The second-order valence-electron chi connectivity index (χ2n) is 4.74. The number of aromatic nitrogens is 1. The molecule has 1 aliphatic rings. The lowest BCUT2D eigenvalue weighted by atomic mass is 9.79. The van der Waals surface area contributed by atoms with Gasteiger partial charge in [0.25, 0.3) is 0 Å². The number of rotatable bonds is 3. The van der Waals surface area contributed by atoms with Crippen LogP contribution in [0.4, 0.5) is 5.82 Å². The molecule has 1 aromatic heterocycles. The Balaban J connectivity index is 2.00. The summed E-state index contributed by atoms with van der Waals surface area (Å²) in [5, 5.41) is 2.88. The van der Waals surface area contributed by atoms with E-state index in [0.717, 1.165) is 23.7 Å². The Morgan fingerprint density at radius 2 is 2.22 bits per heavy atom. The number of pyridine rings is 1. The van der Waals surface area contributed by atoms with Gasteiger partial charge in [-0.25, -0.2) is 4.98 Å². The summed E-state index contributed by atoms with van der Waals surface area (Å²) in [6, 6.07) is 3.66. The highest BCUT2D eigenvalue weighted by atomic mass is 79.9. The van der Waals surface area contributed by atoms with E-state index in [-0.39, 0.29) is 11.8 Å². The zero-order valence-corrected chi connectivity index (χ0v) is 11.8. The maximum atomic E-state index is 12.2. The maximum Gasteiger partial charge on any atom is 0.228 e. The first-order valence-electron chi connectivity index (χ1n) is 6.33. The van der Waals surface area contributed by atoms with Gasteiger partial charge in [0.2, 0.25) is 5.91 Å². The number of anilines is 1. The number of carbonyl (C=O) groups excluding carboxylic acids is 1. The number of hydrogen-bond donors (Lipinski definition) is 2. The Morgan fingerprint density at radius 3 is 2.89 bits per heavy atom. The van der Waals surface area contributed by atoms with Gasteiger partial charge in [-0.1, -0.05) is 12.8 Å². The molecule has 1 fully saturated rings. The molecule has 0 spiro atoms. The number of carbonyl (C=O) groups is 1. The zero-order chi connectivity index (χ0) is 13.0. The molecular weight excluding hydrogens is 294 g/mol. The second-order valence-corrected chi connectivity index (χ2v) is 5.65. The van der Waals surface area contributed by atoms with Crippen molar-refractivity contribution >= 4 is 27.7 Å². The van der Waals surface area contributed by atoms with E-state index in [1.54, 1.807) is 12.3 Å². The summed E-state index contributed by atoms with van der Waals surface area (Å²) >= 11 is 3.32. The summed E-state index contributed by atoms with van der Waals surface area (Å²) in [4.78, 5) is 16.4. The Morgan fingerprint density at radius 1 is 1.44 bits per heavy atom. The third-order valence-electron chi connectivity index (χ3n) is 3.53. The summed E-state index contributed by atoms with van der Waals surface area (Å²) in [6.07, 6.45) is 5.97. The van der Waals surface area contributed by atoms with Crippen LogP contribution in [0.5, 0.6) is 0 Å². The molecular formula is C13H18BrN3O. The van der Waals surface area contributed by atoms with Crippen LogP contribution in [0.3, 0.4) is 0 Å². The van der Waals surface area contributed by atoms with E-state index in [2.05, 4.69) is 26.2 Å². The van der Waals surface area contributed by atoms with Crippen molar-refractivity contribution < 1.29 is 4.79 Å². The van der Waals surface area contributed by atoms with Crippen LogP contribution in [0, 0.1) is 11.8 Å². The first-order chi connectivity index (χ1) is 8.70. The number of nitrogens with one attached hydrogen (secondary N) is 1. The van der Waals surface area contributed by atoms with E-state index in [9.17, 15) is 4.79 Å². The summed E-state index contributed by atoms with van der Waals surface area (Å²) in [7, 11) is 0. The van der Waals surface area contributed by atoms with E-state index in [1.807, 2.05) is 6.07 Å². The van der Waals surface area contributed by atoms with Gasteiger partial charge in [0, 0.05) is 16.6 Å². The van der Waals surface area contributed by atoms with Gasteiger partial charge < -0.3 is 11.1 Å². The molecule has 0 aromatic carbocycles. The van der Waals surface area contributed by atoms with Crippen LogP contribution in [0.15, 0.2) is 22.8 Å². The Labute approximate surface area is 115 Å². The summed E-state index contributed by atoms with van der Waals surface area (Å²) in [6.45, 7) is 0.589. The van der Waals surface area contributed by atoms with E-state index in [0.29, 0.717) is 18.3 Å².